The zero-order chi connectivity index (χ0) is 20.8. The van der Waals surface area contributed by atoms with Crippen LogP contribution in [0.2, 0.25) is 5.02 Å². The highest BCUT2D eigenvalue weighted by molar-refractivity contribution is 6.32. The SMILES string of the molecule is CC(C)CCC(=O)N1CC[C@H](N(Cc2ccccc2)c2ccc(C#N)c(Cl)c2)C1. The first-order valence-corrected chi connectivity index (χ1v) is 10.6. The number of nitriles is 1. The Morgan fingerprint density at radius 3 is 2.69 bits per heavy atom. The maximum Gasteiger partial charge on any atom is 0.222 e. The van der Waals surface area contributed by atoms with Crippen molar-refractivity contribution in [2.45, 2.75) is 45.7 Å². The third kappa shape index (κ3) is 5.52. The summed E-state index contributed by atoms with van der Waals surface area (Å²) in [7, 11) is 0. The number of nitrogens with zero attached hydrogens (tertiary/aromatic N) is 3. The number of hydrogen-bond donors (Lipinski definition) is 0. The highest BCUT2D eigenvalue weighted by Gasteiger charge is 2.30. The molecule has 0 N–H and O–H groups in total. The molecule has 4 nitrogen and oxygen atoms in total. The summed E-state index contributed by atoms with van der Waals surface area (Å²) >= 11 is 6.32. The van der Waals surface area contributed by atoms with Crippen molar-refractivity contribution in [3.05, 3.63) is 64.7 Å². The van der Waals surface area contributed by atoms with E-state index >= 15 is 0 Å². The van der Waals surface area contributed by atoms with Crippen molar-refractivity contribution in [2.24, 2.45) is 5.92 Å². The first kappa shape index (κ1) is 21.2. The van der Waals surface area contributed by atoms with Crippen LogP contribution in [-0.2, 0) is 11.3 Å². The standard InChI is InChI=1S/C24H28ClN3O/c1-18(2)8-11-24(29)27-13-12-22(17-27)28(16-19-6-4-3-5-7-19)21-10-9-20(15-26)23(25)14-21/h3-7,9-10,14,18,22H,8,11-13,16-17H2,1-2H3/t22-/m0/s1. The van der Waals surface area contributed by atoms with Gasteiger partial charge in [0.15, 0.2) is 0 Å². The summed E-state index contributed by atoms with van der Waals surface area (Å²) in [5.74, 6) is 0.784. The molecule has 1 saturated heterocycles. The van der Waals surface area contributed by atoms with Gasteiger partial charge in [-0.15, -0.1) is 0 Å². The first-order chi connectivity index (χ1) is 14.0. The minimum absolute atomic E-state index is 0.224. The molecule has 0 unspecified atom stereocenters. The molecule has 1 aliphatic rings. The van der Waals surface area contributed by atoms with E-state index in [1.807, 2.05) is 35.2 Å². The van der Waals surface area contributed by atoms with Crippen LogP contribution in [0.1, 0.15) is 44.2 Å². The van der Waals surface area contributed by atoms with Crippen molar-refractivity contribution in [3.8, 4) is 6.07 Å². The molecule has 0 radical (unpaired) electrons. The number of rotatable bonds is 7. The highest BCUT2D eigenvalue weighted by atomic mass is 35.5. The lowest BCUT2D eigenvalue weighted by atomic mass is 10.1. The van der Waals surface area contributed by atoms with Gasteiger partial charge in [0, 0.05) is 37.8 Å². The van der Waals surface area contributed by atoms with Gasteiger partial charge in [-0.2, -0.15) is 5.26 Å². The largest absolute Gasteiger partial charge is 0.362 e. The molecule has 1 aliphatic heterocycles. The molecule has 3 rings (SSSR count). The Bertz CT molecular complexity index is 875. The van der Waals surface area contributed by atoms with Crippen LogP contribution in [0.3, 0.4) is 0 Å². The van der Waals surface area contributed by atoms with Crippen molar-refractivity contribution in [3.63, 3.8) is 0 Å². The summed E-state index contributed by atoms with van der Waals surface area (Å²) in [6, 6.07) is 18.2. The van der Waals surface area contributed by atoms with Crippen LogP contribution in [0.25, 0.3) is 0 Å². The third-order valence-electron chi connectivity index (χ3n) is 5.49. The number of likely N-dealkylation sites (tertiary alicyclic amines) is 1. The van der Waals surface area contributed by atoms with Crippen LogP contribution in [0.5, 0.6) is 0 Å². The Hall–Kier alpha value is -2.51. The maximum atomic E-state index is 12.6. The molecule has 1 amide bonds. The van der Waals surface area contributed by atoms with Gasteiger partial charge in [-0.25, -0.2) is 0 Å². The lowest BCUT2D eigenvalue weighted by Gasteiger charge is -2.32. The van der Waals surface area contributed by atoms with E-state index < -0.39 is 0 Å². The second-order valence-corrected chi connectivity index (χ2v) is 8.51. The molecule has 0 saturated carbocycles. The Kier molecular flexibility index (Phi) is 7.17. The van der Waals surface area contributed by atoms with Gasteiger partial charge in [0.1, 0.15) is 6.07 Å². The molecule has 1 heterocycles. The fourth-order valence-corrected chi connectivity index (χ4v) is 3.99. The van der Waals surface area contributed by atoms with E-state index in [4.69, 9.17) is 11.6 Å². The van der Waals surface area contributed by atoms with E-state index in [0.29, 0.717) is 22.9 Å². The number of benzene rings is 2. The molecule has 1 atom stereocenters. The Morgan fingerprint density at radius 2 is 2.03 bits per heavy atom. The lowest BCUT2D eigenvalue weighted by molar-refractivity contribution is -0.130. The van der Waals surface area contributed by atoms with Gasteiger partial charge < -0.3 is 9.80 Å². The van der Waals surface area contributed by atoms with Crippen molar-refractivity contribution in [2.75, 3.05) is 18.0 Å². The van der Waals surface area contributed by atoms with E-state index in [0.717, 1.165) is 38.2 Å². The second kappa shape index (κ2) is 9.80. The normalized spacial score (nSPS) is 16.1. The summed E-state index contributed by atoms with van der Waals surface area (Å²) in [6.07, 6.45) is 2.47. The van der Waals surface area contributed by atoms with E-state index in [9.17, 15) is 10.1 Å². The Labute approximate surface area is 178 Å². The summed E-state index contributed by atoms with van der Waals surface area (Å²) in [6.45, 7) is 6.55. The summed E-state index contributed by atoms with van der Waals surface area (Å²) in [5, 5.41) is 9.65. The third-order valence-corrected chi connectivity index (χ3v) is 5.81. The van der Waals surface area contributed by atoms with Crippen molar-refractivity contribution < 1.29 is 4.79 Å². The number of halogens is 1. The molecule has 1 fully saturated rings. The summed E-state index contributed by atoms with van der Waals surface area (Å²) in [4.78, 5) is 16.9. The fourth-order valence-electron chi connectivity index (χ4n) is 3.78. The van der Waals surface area contributed by atoms with Crippen LogP contribution in [0.15, 0.2) is 48.5 Å². The number of carbonyl (C=O) groups is 1. The van der Waals surface area contributed by atoms with Gasteiger partial charge in [0.2, 0.25) is 5.91 Å². The van der Waals surface area contributed by atoms with Crippen LogP contribution in [0.4, 0.5) is 5.69 Å². The molecule has 29 heavy (non-hydrogen) atoms. The minimum atomic E-state index is 0.224. The first-order valence-electron chi connectivity index (χ1n) is 10.3. The number of carbonyl (C=O) groups excluding carboxylic acids is 1. The monoisotopic (exact) mass is 409 g/mol. The average molecular weight is 410 g/mol. The molecule has 2 aromatic rings. The maximum absolute atomic E-state index is 12.6. The van der Waals surface area contributed by atoms with E-state index in [2.05, 4.69) is 36.9 Å². The van der Waals surface area contributed by atoms with Crippen LogP contribution in [0, 0.1) is 17.2 Å². The molecule has 0 bridgehead atoms. The van der Waals surface area contributed by atoms with E-state index in [-0.39, 0.29) is 11.9 Å². The van der Waals surface area contributed by atoms with Crippen molar-refractivity contribution in [1.29, 1.82) is 5.26 Å². The molecule has 0 aliphatic carbocycles. The summed E-state index contributed by atoms with van der Waals surface area (Å²) in [5.41, 5.74) is 2.67. The number of hydrogen-bond acceptors (Lipinski definition) is 3. The summed E-state index contributed by atoms with van der Waals surface area (Å²) < 4.78 is 0. The van der Waals surface area contributed by atoms with Crippen LogP contribution >= 0.6 is 11.6 Å². The van der Waals surface area contributed by atoms with Gasteiger partial charge in [-0.1, -0.05) is 55.8 Å². The molecule has 0 spiro atoms. The molecular formula is C24H28ClN3O. The van der Waals surface area contributed by atoms with E-state index in [1.165, 1.54) is 5.56 Å². The zero-order valence-electron chi connectivity index (χ0n) is 17.1. The molecule has 2 aromatic carbocycles. The van der Waals surface area contributed by atoms with Gasteiger partial charge >= 0.3 is 0 Å². The molecule has 152 valence electrons. The Balaban J connectivity index is 1.79. The van der Waals surface area contributed by atoms with Crippen LogP contribution < -0.4 is 4.90 Å². The van der Waals surface area contributed by atoms with Crippen LogP contribution in [-0.4, -0.2) is 29.9 Å². The fraction of sp³-hybridized carbons (Fsp3) is 0.417. The lowest BCUT2D eigenvalue weighted by Crippen LogP contribution is -2.38. The smallest absolute Gasteiger partial charge is 0.222 e. The molecule has 0 aromatic heterocycles. The van der Waals surface area contributed by atoms with Gasteiger partial charge in [0.25, 0.3) is 0 Å². The highest BCUT2D eigenvalue weighted by Crippen LogP contribution is 2.29. The predicted octanol–water partition coefficient (Wildman–Crippen LogP) is 5.26. The molecular weight excluding hydrogens is 382 g/mol. The minimum Gasteiger partial charge on any atom is -0.362 e. The average Bonchev–Trinajstić information content (AvgIpc) is 3.21. The number of amides is 1. The van der Waals surface area contributed by atoms with Gasteiger partial charge in [-0.3, -0.25) is 4.79 Å². The van der Waals surface area contributed by atoms with Gasteiger partial charge in [0.05, 0.1) is 10.6 Å². The van der Waals surface area contributed by atoms with E-state index in [1.54, 1.807) is 6.07 Å². The quantitative estimate of drug-likeness (QED) is 0.627. The van der Waals surface area contributed by atoms with Crippen molar-refractivity contribution >= 4 is 23.2 Å². The van der Waals surface area contributed by atoms with Gasteiger partial charge in [-0.05, 0) is 42.5 Å². The second-order valence-electron chi connectivity index (χ2n) is 8.10. The Morgan fingerprint density at radius 1 is 1.28 bits per heavy atom. The number of anilines is 1. The molecule has 5 heteroatoms. The predicted molar refractivity (Wildman–Crippen MR) is 118 cm³/mol. The topological polar surface area (TPSA) is 47.3 Å². The zero-order valence-corrected chi connectivity index (χ0v) is 17.9. The van der Waals surface area contributed by atoms with Crippen molar-refractivity contribution in [1.82, 2.24) is 4.90 Å².